The number of anilines is 1. The number of benzene rings is 1. The molecule has 2 aromatic heterocycles. The molecule has 3 rings (SSSR count). The highest BCUT2D eigenvalue weighted by atomic mass is 32.1. The van der Waals surface area contributed by atoms with E-state index in [9.17, 15) is 9.59 Å². The molecular weight excluding hydrogens is 386 g/mol. The molecule has 1 amide bonds. The van der Waals surface area contributed by atoms with Gasteiger partial charge in [0.05, 0.1) is 31.6 Å². The van der Waals surface area contributed by atoms with Crippen LogP contribution in [0.15, 0.2) is 21.3 Å². The Bertz CT molecular complexity index is 1080. The molecule has 0 unspecified atom stereocenters. The van der Waals surface area contributed by atoms with Gasteiger partial charge in [0.25, 0.3) is 0 Å². The Balaban J connectivity index is 1.91. The van der Waals surface area contributed by atoms with Gasteiger partial charge in [-0.05, 0) is 12.5 Å². The highest BCUT2D eigenvalue weighted by Gasteiger charge is 2.19. The molecule has 3 aromatic rings. The van der Waals surface area contributed by atoms with Crippen molar-refractivity contribution in [2.75, 3.05) is 26.6 Å². The van der Waals surface area contributed by atoms with E-state index < -0.39 is 11.5 Å². The largest absolute Gasteiger partial charge is 0.496 e. The van der Waals surface area contributed by atoms with E-state index in [1.165, 1.54) is 25.6 Å². The minimum atomic E-state index is -0.590. The summed E-state index contributed by atoms with van der Waals surface area (Å²) in [5.41, 5.74) is 0.595. The first kappa shape index (κ1) is 19.8. The number of nitrogens with one attached hydrogen (secondary N) is 1. The van der Waals surface area contributed by atoms with Gasteiger partial charge in [-0.2, -0.15) is 0 Å². The zero-order valence-corrected chi connectivity index (χ0v) is 16.6. The van der Waals surface area contributed by atoms with Crippen LogP contribution in [0, 0.1) is 6.92 Å². The number of carbonyl (C=O) groups is 1. The lowest BCUT2D eigenvalue weighted by Crippen LogP contribution is -2.20. The number of nitrogens with zero attached hydrogens (tertiary/aromatic N) is 2. The van der Waals surface area contributed by atoms with E-state index in [0.29, 0.717) is 44.8 Å². The molecule has 0 radical (unpaired) electrons. The molecular formula is C18H19N3O6S. The van der Waals surface area contributed by atoms with Gasteiger partial charge < -0.3 is 23.9 Å². The molecule has 0 saturated heterocycles. The van der Waals surface area contributed by atoms with E-state index in [1.54, 1.807) is 26.2 Å². The third kappa shape index (κ3) is 3.97. The quantitative estimate of drug-likeness (QED) is 0.596. The van der Waals surface area contributed by atoms with Gasteiger partial charge in [-0.3, -0.25) is 4.79 Å². The van der Waals surface area contributed by atoms with Gasteiger partial charge >= 0.3 is 5.63 Å². The number of amides is 1. The number of carbonyl (C=O) groups excluding carboxylic acids is 1. The summed E-state index contributed by atoms with van der Waals surface area (Å²) in [4.78, 5) is 24.9. The van der Waals surface area contributed by atoms with Crippen LogP contribution < -0.4 is 20.4 Å². The summed E-state index contributed by atoms with van der Waals surface area (Å²) >= 11 is 1.20. The van der Waals surface area contributed by atoms with Crippen molar-refractivity contribution in [1.29, 1.82) is 0 Å². The third-order valence-electron chi connectivity index (χ3n) is 4.09. The summed E-state index contributed by atoms with van der Waals surface area (Å²) in [5.74, 6) is 0.591. The number of hydrogen-bond donors (Lipinski definition) is 1. The lowest BCUT2D eigenvalue weighted by molar-refractivity contribution is -0.115. The van der Waals surface area contributed by atoms with Crippen molar-refractivity contribution >= 4 is 33.3 Å². The predicted molar refractivity (Wildman–Crippen MR) is 103 cm³/mol. The fourth-order valence-corrected chi connectivity index (χ4v) is 3.50. The summed E-state index contributed by atoms with van der Waals surface area (Å²) in [6, 6.07) is 3.30. The Morgan fingerprint density at radius 1 is 1.21 bits per heavy atom. The fraction of sp³-hybridized carbons (Fsp3) is 0.333. The van der Waals surface area contributed by atoms with Crippen molar-refractivity contribution in [1.82, 2.24) is 10.2 Å². The number of ether oxygens (including phenoxy) is 3. The van der Waals surface area contributed by atoms with Crippen molar-refractivity contribution in [2.24, 2.45) is 0 Å². The Hall–Kier alpha value is -2.98. The molecule has 10 heteroatoms. The van der Waals surface area contributed by atoms with E-state index in [-0.39, 0.29) is 12.0 Å². The monoisotopic (exact) mass is 405 g/mol. The molecule has 28 heavy (non-hydrogen) atoms. The second-order valence-electron chi connectivity index (χ2n) is 5.85. The fourth-order valence-electron chi connectivity index (χ4n) is 2.77. The second-order valence-corrected chi connectivity index (χ2v) is 6.92. The van der Waals surface area contributed by atoms with Gasteiger partial charge in [-0.1, -0.05) is 11.3 Å². The molecule has 0 spiro atoms. The first-order valence-electron chi connectivity index (χ1n) is 8.26. The predicted octanol–water partition coefficient (Wildman–Crippen LogP) is 2.30. The normalized spacial score (nSPS) is 10.9. The maximum absolute atomic E-state index is 12.5. The zero-order valence-electron chi connectivity index (χ0n) is 15.8. The van der Waals surface area contributed by atoms with Crippen LogP contribution in [0.2, 0.25) is 0 Å². The number of fused-ring (bicyclic) bond motifs is 1. The maximum Gasteiger partial charge on any atom is 0.340 e. The average molecular weight is 405 g/mol. The molecule has 1 N–H and O–H groups in total. The van der Waals surface area contributed by atoms with E-state index >= 15 is 0 Å². The van der Waals surface area contributed by atoms with Crippen LogP contribution >= 0.6 is 11.3 Å². The zero-order chi connectivity index (χ0) is 20.3. The van der Waals surface area contributed by atoms with E-state index in [0.717, 1.165) is 0 Å². The molecule has 1 aromatic carbocycles. The summed E-state index contributed by atoms with van der Waals surface area (Å²) in [6.07, 6.45) is -0.168. The van der Waals surface area contributed by atoms with Gasteiger partial charge in [0.1, 0.15) is 28.7 Å². The van der Waals surface area contributed by atoms with E-state index in [1.807, 2.05) is 0 Å². The van der Waals surface area contributed by atoms with Crippen LogP contribution in [0.4, 0.5) is 5.13 Å². The van der Waals surface area contributed by atoms with Crippen LogP contribution in [-0.2, 0) is 22.6 Å². The van der Waals surface area contributed by atoms with Crippen LogP contribution in [0.25, 0.3) is 11.0 Å². The Kier molecular flexibility index (Phi) is 5.90. The van der Waals surface area contributed by atoms with Crippen molar-refractivity contribution in [2.45, 2.75) is 20.0 Å². The summed E-state index contributed by atoms with van der Waals surface area (Å²) in [7, 11) is 4.57. The van der Waals surface area contributed by atoms with Crippen LogP contribution in [0.3, 0.4) is 0 Å². The molecule has 2 heterocycles. The Labute approximate surface area is 164 Å². The van der Waals surface area contributed by atoms with E-state index in [4.69, 9.17) is 18.6 Å². The molecule has 0 fully saturated rings. The Morgan fingerprint density at radius 3 is 2.68 bits per heavy atom. The number of aromatic nitrogens is 2. The van der Waals surface area contributed by atoms with Gasteiger partial charge in [0.15, 0.2) is 0 Å². The average Bonchev–Trinajstić information content (AvgIpc) is 3.11. The van der Waals surface area contributed by atoms with Gasteiger partial charge in [0, 0.05) is 19.2 Å². The second kappa shape index (κ2) is 8.36. The number of methoxy groups -OCH3 is 3. The van der Waals surface area contributed by atoms with Gasteiger partial charge in [-0.25, -0.2) is 4.79 Å². The summed E-state index contributed by atoms with van der Waals surface area (Å²) < 4.78 is 21.0. The summed E-state index contributed by atoms with van der Waals surface area (Å²) in [6.45, 7) is 2.06. The third-order valence-corrected chi connectivity index (χ3v) is 4.90. The van der Waals surface area contributed by atoms with Crippen molar-refractivity contribution in [3.8, 4) is 11.5 Å². The highest BCUT2D eigenvalue weighted by molar-refractivity contribution is 7.15. The minimum Gasteiger partial charge on any atom is -0.496 e. The number of rotatable bonds is 7. The number of hydrogen-bond acceptors (Lipinski definition) is 9. The lowest BCUT2D eigenvalue weighted by atomic mass is 10.0. The van der Waals surface area contributed by atoms with Crippen LogP contribution in [-0.4, -0.2) is 37.4 Å². The molecule has 148 valence electrons. The number of aryl methyl sites for hydroxylation is 1. The van der Waals surface area contributed by atoms with Crippen LogP contribution in [0.1, 0.15) is 16.1 Å². The first-order chi connectivity index (χ1) is 13.5. The smallest absolute Gasteiger partial charge is 0.340 e. The first-order valence-corrected chi connectivity index (χ1v) is 9.08. The topological polar surface area (TPSA) is 113 Å². The minimum absolute atomic E-state index is 0.168. The lowest BCUT2D eigenvalue weighted by Gasteiger charge is -2.12. The van der Waals surface area contributed by atoms with Gasteiger partial charge in [0.2, 0.25) is 11.0 Å². The molecule has 0 saturated carbocycles. The highest BCUT2D eigenvalue weighted by Crippen LogP contribution is 2.33. The van der Waals surface area contributed by atoms with Crippen LogP contribution in [0.5, 0.6) is 11.5 Å². The van der Waals surface area contributed by atoms with Crippen molar-refractivity contribution in [3.63, 3.8) is 0 Å². The standard InChI is InChI=1S/C18H19N3O6S/c1-9-11(7-14(22)19-18-21-20-15(28-18)8-24-2)17(23)27-13-6-10(25-3)5-12(26-4)16(9)13/h5-6H,7-8H2,1-4H3,(H,19,21,22). The van der Waals surface area contributed by atoms with Crippen molar-refractivity contribution < 1.29 is 23.4 Å². The van der Waals surface area contributed by atoms with Crippen molar-refractivity contribution in [3.05, 3.63) is 38.7 Å². The van der Waals surface area contributed by atoms with Gasteiger partial charge in [-0.15, -0.1) is 10.2 Å². The SMILES string of the molecule is COCc1nnc(NC(=O)Cc2c(C)c3c(OC)cc(OC)cc3oc2=O)s1. The van der Waals surface area contributed by atoms with E-state index in [2.05, 4.69) is 15.5 Å². The maximum atomic E-state index is 12.5. The Morgan fingerprint density at radius 2 is 2.00 bits per heavy atom. The molecule has 9 nitrogen and oxygen atoms in total. The molecule has 0 aliphatic rings. The molecule has 0 aliphatic heterocycles. The molecule has 0 bridgehead atoms. The summed E-state index contributed by atoms with van der Waals surface area (Å²) in [5, 5.41) is 12.0. The molecule has 0 aliphatic carbocycles. The molecule has 0 atom stereocenters.